The molecule has 104 valence electrons. The number of amides is 1. The molecule has 2 rings (SSSR count). The highest BCUT2D eigenvalue weighted by molar-refractivity contribution is 5.68. The van der Waals surface area contributed by atoms with Crippen molar-refractivity contribution in [1.29, 1.82) is 0 Å². The number of hydrogen-bond acceptors (Lipinski definition) is 3. The first-order chi connectivity index (χ1) is 8.44. The largest absolute Gasteiger partial charge is 0.444 e. The molecule has 2 fully saturated rings. The van der Waals surface area contributed by atoms with Gasteiger partial charge in [-0.15, -0.1) is 0 Å². The molecule has 1 N–H and O–H groups in total. The zero-order valence-corrected chi connectivity index (χ0v) is 11.9. The lowest BCUT2D eigenvalue weighted by Gasteiger charge is -2.24. The highest BCUT2D eigenvalue weighted by Gasteiger charge is 2.29. The number of likely N-dealkylation sites (tertiary alicyclic amines) is 1. The molecule has 1 saturated carbocycles. The lowest BCUT2D eigenvalue weighted by atomic mass is 10.1. The first-order valence-electron chi connectivity index (χ1n) is 7.15. The van der Waals surface area contributed by atoms with Gasteiger partial charge in [0.2, 0.25) is 0 Å². The fourth-order valence-corrected chi connectivity index (χ4v) is 2.34. The molecule has 18 heavy (non-hydrogen) atoms. The summed E-state index contributed by atoms with van der Waals surface area (Å²) in [5.74, 6) is 0.642. The minimum Gasteiger partial charge on any atom is -0.444 e. The van der Waals surface area contributed by atoms with E-state index in [1.165, 1.54) is 19.3 Å². The van der Waals surface area contributed by atoms with Crippen LogP contribution in [-0.2, 0) is 4.74 Å². The highest BCUT2D eigenvalue weighted by Crippen LogP contribution is 2.23. The van der Waals surface area contributed by atoms with Crippen LogP contribution < -0.4 is 5.32 Å². The summed E-state index contributed by atoms with van der Waals surface area (Å²) in [7, 11) is 0. The van der Waals surface area contributed by atoms with Crippen LogP contribution in [0.5, 0.6) is 0 Å². The Labute approximate surface area is 110 Å². The van der Waals surface area contributed by atoms with Crippen molar-refractivity contribution in [1.82, 2.24) is 10.2 Å². The molecule has 0 unspecified atom stereocenters. The van der Waals surface area contributed by atoms with E-state index in [1.807, 2.05) is 25.7 Å². The van der Waals surface area contributed by atoms with E-state index >= 15 is 0 Å². The maximum absolute atomic E-state index is 11.9. The SMILES string of the molecule is CC(C)(C)OC(=O)N1CC[C@@H](CCNC2CC2)C1. The van der Waals surface area contributed by atoms with Gasteiger partial charge in [-0.25, -0.2) is 4.79 Å². The molecule has 1 heterocycles. The molecule has 0 bridgehead atoms. The Morgan fingerprint density at radius 2 is 2.06 bits per heavy atom. The lowest BCUT2D eigenvalue weighted by Crippen LogP contribution is -2.35. The molecule has 1 saturated heterocycles. The van der Waals surface area contributed by atoms with Crippen molar-refractivity contribution in [2.75, 3.05) is 19.6 Å². The van der Waals surface area contributed by atoms with E-state index in [9.17, 15) is 4.79 Å². The number of nitrogens with one attached hydrogen (secondary N) is 1. The van der Waals surface area contributed by atoms with Crippen molar-refractivity contribution in [2.45, 2.75) is 58.1 Å². The Hall–Kier alpha value is -0.770. The van der Waals surface area contributed by atoms with Gasteiger partial charge in [0, 0.05) is 19.1 Å². The molecule has 0 radical (unpaired) electrons. The average molecular weight is 254 g/mol. The van der Waals surface area contributed by atoms with Crippen LogP contribution in [0.25, 0.3) is 0 Å². The van der Waals surface area contributed by atoms with Gasteiger partial charge in [0.25, 0.3) is 0 Å². The van der Waals surface area contributed by atoms with Crippen molar-refractivity contribution in [3.63, 3.8) is 0 Å². The van der Waals surface area contributed by atoms with Crippen LogP contribution >= 0.6 is 0 Å². The van der Waals surface area contributed by atoms with Crippen LogP contribution in [0.15, 0.2) is 0 Å². The molecule has 4 nitrogen and oxygen atoms in total. The van der Waals surface area contributed by atoms with Crippen LogP contribution in [0, 0.1) is 5.92 Å². The number of ether oxygens (including phenoxy) is 1. The fraction of sp³-hybridized carbons (Fsp3) is 0.929. The Morgan fingerprint density at radius 1 is 1.33 bits per heavy atom. The van der Waals surface area contributed by atoms with Gasteiger partial charge in [0.05, 0.1) is 0 Å². The molecule has 1 aliphatic carbocycles. The predicted octanol–water partition coefficient (Wildman–Crippen LogP) is 2.39. The van der Waals surface area contributed by atoms with Crippen molar-refractivity contribution in [3.05, 3.63) is 0 Å². The highest BCUT2D eigenvalue weighted by atomic mass is 16.6. The van der Waals surface area contributed by atoms with Crippen LogP contribution in [0.1, 0.15) is 46.5 Å². The molecule has 0 aromatic carbocycles. The van der Waals surface area contributed by atoms with Gasteiger partial charge < -0.3 is 15.0 Å². The van der Waals surface area contributed by atoms with E-state index in [0.717, 1.165) is 32.1 Å². The zero-order valence-electron chi connectivity index (χ0n) is 11.9. The summed E-state index contributed by atoms with van der Waals surface area (Å²) in [4.78, 5) is 13.7. The molecule has 4 heteroatoms. The standard InChI is InChI=1S/C14H26N2O2/c1-14(2,3)18-13(17)16-9-7-11(10-16)6-8-15-12-4-5-12/h11-12,15H,4-10H2,1-3H3/t11-/m1/s1. The summed E-state index contributed by atoms with van der Waals surface area (Å²) in [6.07, 6.45) is 4.82. The monoisotopic (exact) mass is 254 g/mol. The molecule has 1 atom stereocenters. The summed E-state index contributed by atoms with van der Waals surface area (Å²) >= 11 is 0. The number of hydrogen-bond donors (Lipinski definition) is 1. The smallest absolute Gasteiger partial charge is 0.410 e. The first-order valence-corrected chi connectivity index (χ1v) is 7.15. The maximum Gasteiger partial charge on any atom is 0.410 e. The second-order valence-corrected chi connectivity index (χ2v) is 6.60. The molecular formula is C14H26N2O2. The van der Waals surface area contributed by atoms with Crippen LogP contribution in [-0.4, -0.2) is 42.3 Å². The average Bonchev–Trinajstić information content (AvgIpc) is 2.92. The van der Waals surface area contributed by atoms with Crippen LogP contribution in [0.3, 0.4) is 0 Å². The van der Waals surface area contributed by atoms with Gasteiger partial charge in [0.1, 0.15) is 5.60 Å². The topological polar surface area (TPSA) is 41.6 Å². The Balaban J connectivity index is 1.65. The van der Waals surface area contributed by atoms with E-state index in [1.54, 1.807) is 0 Å². The van der Waals surface area contributed by atoms with Crippen LogP contribution in [0.2, 0.25) is 0 Å². The predicted molar refractivity (Wildman–Crippen MR) is 71.6 cm³/mol. The van der Waals surface area contributed by atoms with Crippen molar-refractivity contribution in [3.8, 4) is 0 Å². The van der Waals surface area contributed by atoms with E-state index in [4.69, 9.17) is 4.74 Å². The molecule has 1 aliphatic heterocycles. The Morgan fingerprint density at radius 3 is 2.67 bits per heavy atom. The third kappa shape index (κ3) is 4.48. The summed E-state index contributed by atoms with van der Waals surface area (Å²) in [5, 5.41) is 3.53. The van der Waals surface area contributed by atoms with Crippen molar-refractivity contribution >= 4 is 6.09 Å². The summed E-state index contributed by atoms with van der Waals surface area (Å²) in [6, 6.07) is 0.786. The van der Waals surface area contributed by atoms with E-state index in [0.29, 0.717) is 5.92 Å². The zero-order chi connectivity index (χ0) is 13.2. The van der Waals surface area contributed by atoms with Gasteiger partial charge >= 0.3 is 6.09 Å². The Kier molecular flexibility index (Phi) is 4.15. The fourth-order valence-electron chi connectivity index (χ4n) is 2.34. The molecular weight excluding hydrogens is 228 g/mol. The molecule has 0 aromatic heterocycles. The second kappa shape index (κ2) is 5.47. The summed E-state index contributed by atoms with van der Waals surface area (Å²) in [5.41, 5.74) is -0.386. The summed E-state index contributed by atoms with van der Waals surface area (Å²) in [6.45, 7) is 8.55. The third-order valence-corrected chi connectivity index (χ3v) is 3.50. The van der Waals surface area contributed by atoms with Gasteiger partial charge in [-0.1, -0.05) is 0 Å². The molecule has 0 aromatic rings. The molecule has 1 amide bonds. The van der Waals surface area contributed by atoms with E-state index in [-0.39, 0.29) is 11.7 Å². The van der Waals surface area contributed by atoms with Crippen LogP contribution in [0.4, 0.5) is 4.79 Å². The maximum atomic E-state index is 11.9. The minimum absolute atomic E-state index is 0.153. The van der Waals surface area contributed by atoms with E-state index < -0.39 is 0 Å². The molecule has 2 aliphatic rings. The summed E-state index contributed by atoms with van der Waals surface area (Å²) < 4.78 is 5.39. The van der Waals surface area contributed by atoms with Crippen molar-refractivity contribution in [2.24, 2.45) is 5.92 Å². The molecule has 0 spiro atoms. The number of carbonyl (C=O) groups is 1. The number of carbonyl (C=O) groups excluding carboxylic acids is 1. The third-order valence-electron chi connectivity index (χ3n) is 3.50. The number of rotatable bonds is 4. The van der Waals surface area contributed by atoms with Gasteiger partial charge in [-0.2, -0.15) is 0 Å². The second-order valence-electron chi connectivity index (χ2n) is 6.60. The van der Waals surface area contributed by atoms with Crippen molar-refractivity contribution < 1.29 is 9.53 Å². The van der Waals surface area contributed by atoms with Gasteiger partial charge in [0.15, 0.2) is 0 Å². The number of nitrogens with zero attached hydrogens (tertiary/aromatic N) is 1. The van der Waals surface area contributed by atoms with Gasteiger partial charge in [-0.3, -0.25) is 0 Å². The van der Waals surface area contributed by atoms with E-state index in [2.05, 4.69) is 5.32 Å². The quantitative estimate of drug-likeness (QED) is 0.837. The minimum atomic E-state index is -0.386. The normalized spacial score (nSPS) is 24.4. The Bertz CT molecular complexity index is 295. The lowest BCUT2D eigenvalue weighted by molar-refractivity contribution is 0.0287. The van der Waals surface area contributed by atoms with Gasteiger partial charge in [-0.05, 0) is 58.9 Å². The first kappa shape index (κ1) is 13.7.